The minimum atomic E-state index is -0.218. The molecule has 112 valence electrons. The molecule has 0 bridgehead atoms. The van der Waals surface area contributed by atoms with Gasteiger partial charge in [-0.05, 0) is 18.9 Å². The highest BCUT2D eigenvalue weighted by Gasteiger charge is 2.35. The Morgan fingerprint density at radius 2 is 2.05 bits per heavy atom. The molecule has 21 heavy (non-hydrogen) atoms. The maximum atomic E-state index is 12.7. The zero-order valence-corrected chi connectivity index (χ0v) is 13.4. The monoisotopic (exact) mass is 322 g/mol. The predicted octanol–water partition coefficient (Wildman–Crippen LogP) is 3.75. The number of aromatic nitrogens is 1. The Kier molecular flexibility index (Phi) is 4.86. The summed E-state index contributed by atoms with van der Waals surface area (Å²) in [7, 11) is 0. The lowest BCUT2D eigenvalue weighted by Crippen LogP contribution is -2.37. The van der Waals surface area contributed by atoms with Gasteiger partial charge in [0.2, 0.25) is 5.91 Å². The van der Waals surface area contributed by atoms with Gasteiger partial charge in [-0.2, -0.15) is 0 Å². The van der Waals surface area contributed by atoms with Gasteiger partial charge >= 0.3 is 0 Å². The number of hydrogen-bond acceptors (Lipinski definition) is 3. The van der Waals surface area contributed by atoms with Crippen LogP contribution in [-0.4, -0.2) is 33.6 Å². The highest BCUT2D eigenvalue weighted by Crippen LogP contribution is 2.44. The molecule has 0 N–H and O–H groups in total. The van der Waals surface area contributed by atoms with Gasteiger partial charge in [-0.1, -0.05) is 25.0 Å². The van der Waals surface area contributed by atoms with E-state index in [9.17, 15) is 4.79 Å². The molecule has 3 heterocycles. The van der Waals surface area contributed by atoms with Crippen LogP contribution in [0.3, 0.4) is 0 Å². The lowest BCUT2D eigenvalue weighted by atomic mass is 10.1. The van der Waals surface area contributed by atoms with E-state index < -0.39 is 0 Å². The van der Waals surface area contributed by atoms with Crippen molar-refractivity contribution in [1.29, 1.82) is 0 Å². The molecule has 1 saturated heterocycles. The van der Waals surface area contributed by atoms with Crippen LogP contribution in [0.4, 0.5) is 0 Å². The van der Waals surface area contributed by atoms with Crippen LogP contribution in [-0.2, 0) is 4.79 Å². The highest BCUT2D eigenvalue weighted by atomic mass is 35.5. The molecule has 1 fully saturated rings. The van der Waals surface area contributed by atoms with Crippen molar-refractivity contribution >= 4 is 34.2 Å². The third-order valence-corrected chi connectivity index (χ3v) is 5.68. The first-order chi connectivity index (χ1) is 10.3. The first-order valence-corrected chi connectivity index (χ1v) is 8.79. The van der Waals surface area contributed by atoms with Crippen LogP contribution in [0.2, 0.25) is 0 Å². The van der Waals surface area contributed by atoms with Crippen molar-refractivity contribution in [2.45, 2.75) is 30.4 Å². The van der Waals surface area contributed by atoms with Crippen LogP contribution in [0, 0.1) is 5.92 Å². The smallest absolute Gasteiger partial charge is 0.231 e. The maximum absolute atomic E-state index is 12.7. The molecule has 2 unspecified atom stereocenters. The van der Waals surface area contributed by atoms with Gasteiger partial charge in [0, 0.05) is 36.0 Å². The lowest BCUT2D eigenvalue weighted by molar-refractivity contribution is -0.133. The van der Waals surface area contributed by atoms with Gasteiger partial charge in [0.1, 0.15) is 0 Å². The van der Waals surface area contributed by atoms with E-state index in [1.807, 2.05) is 29.3 Å². The molecule has 3 rings (SSSR count). The SMILES string of the molecule is O=C(C1C=C(c2cccnc2)SC1Cl)N1CCCCCC1. The molecule has 0 radical (unpaired) electrons. The van der Waals surface area contributed by atoms with Crippen molar-refractivity contribution in [3.05, 3.63) is 36.2 Å². The molecule has 1 aromatic rings. The molecule has 2 aliphatic heterocycles. The number of pyridine rings is 1. The van der Waals surface area contributed by atoms with E-state index in [1.165, 1.54) is 12.8 Å². The minimum Gasteiger partial charge on any atom is -0.342 e. The van der Waals surface area contributed by atoms with Crippen molar-refractivity contribution in [1.82, 2.24) is 9.88 Å². The average molecular weight is 323 g/mol. The van der Waals surface area contributed by atoms with Crippen LogP contribution < -0.4 is 0 Å². The summed E-state index contributed by atoms with van der Waals surface area (Å²) in [6, 6.07) is 3.91. The van der Waals surface area contributed by atoms with Crippen LogP contribution in [0.25, 0.3) is 4.91 Å². The number of nitrogens with zero attached hydrogens (tertiary/aromatic N) is 2. The zero-order chi connectivity index (χ0) is 14.7. The Bertz CT molecular complexity index is 526. The number of halogens is 1. The van der Waals surface area contributed by atoms with Gasteiger partial charge in [-0.25, -0.2) is 0 Å². The molecule has 0 spiro atoms. The lowest BCUT2D eigenvalue weighted by Gasteiger charge is -2.24. The molecule has 1 aromatic heterocycles. The summed E-state index contributed by atoms with van der Waals surface area (Å²) >= 11 is 7.98. The average Bonchev–Trinajstić information content (AvgIpc) is 2.74. The van der Waals surface area contributed by atoms with E-state index in [1.54, 1.807) is 18.0 Å². The van der Waals surface area contributed by atoms with Crippen molar-refractivity contribution in [3.63, 3.8) is 0 Å². The molecule has 2 atom stereocenters. The van der Waals surface area contributed by atoms with Gasteiger partial charge in [-0.3, -0.25) is 9.78 Å². The van der Waals surface area contributed by atoms with Crippen LogP contribution in [0.1, 0.15) is 31.2 Å². The molecule has 3 nitrogen and oxygen atoms in total. The summed E-state index contributed by atoms with van der Waals surface area (Å²) in [5.41, 5.74) is 1.04. The second-order valence-electron chi connectivity index (χ2n) is 5.51. The van der Waals surface area contributed by atoms with Crippen molar-refractivity contribution in [3.8, 4) is 0 Å². The highest BCUT2D eigenvalue weighted by molar-refractivity contribution is 8.10. The Morgan fingerprint density at radius 3 is 2.71 bits per heavy atom. The van der Waals surface area contributed by atoms with Gasteiger partial charge in [0.05, 0.1) is 10.6 Å². The number of likely N-dealkylation sites (tertiary alicyclic amines) is 1. The Morgan fingerprint density at radius 1 is 1.29 bits per heavy atom. The normalized spacial score (nSPS) is 26.3. The van der Waals surface area contributed by atoms with Crippen LogP contribution in [0.5, 0.6) is 0 Å². The second-order valence-corrected chi connectivity index (χ2v) is 7.42. The van der Waals surface area contributed by atoms with E-state index in [0.717, 1.165) is 36.4 Å². The number of thioether (sulfide) groups is 1. The Labute approximate surface area is 134 Å². The van der Waals surface area contributed by atoms with Gasteiger partial charge < -0.3 is 4.90 Å². The minimum absolute atomic E-state index is 0.184. The molecule has 0 aliphatic carbocycles. The standard InChI is InChI=1S/C16H19ClN2OS/c17-15-13(16(20)19-8-3-1-2-4-9-19)10-14(21-15)12-6-5-7-18-11-12/h5-7,10-11,13,15H,1-4,8-9H2. The predicted molar refractivity (Wildman–Crippen MR) is 88.0 cm³/mol. The first kappa shape index (κ1) is 14.9. The molecule has 5 heteroatoms. The summed E-state index contributed by atoms with van der Waals surface area (Å²) in [5.74, 6) is -0.0340. The number of carbonyl (C=O) groups excluding carboxylic acids is 1. The Hall–Kier alpha value is -1.000. The Balaban J connectivity index is 1.75. The fraction of sp³-hybridized carbons (Fsp3) is 0.500. The van der Waals surface area contributed by atoms with Crippen LogP contribution in [0.15, 0.2) is 30.6 Å². The molecule has 2 aliphatic rings. The fourth-order valence-electron chi connectivity index (χ4n) is 2.83. The fourth-order valence-corrected chi connectivity index (χ4v) is 4.37. The molecular formula is C16H19ClN2OS. The number of rotatable bonds is 2. The second kappa shape index (κ2) is 6.84. The van der Waals surface area contributed by atoms with E-state index in [0.29, 0.717) is 0 Å². The van der Waals surface area contributed by atoms with Crippen molar-refractivity contribution in [2.24, 2.45) is 5.92 Å². The summed E-state index contributed by atoms with van der Waals surface area (Å²) in [6.45, 7) is 1.75. The first-order valence-electron chi connectivity index (χ1n) is 7.47. The summed E-state index contributed by atoms with van der Waals surface area (Å²) in [4.78, 5) is 19.9. The van der Waals surface area contributed by atoms with E-state index >= 15 is 0 Å². The van der Waals surface area contributed by atoms with Gasteiger partial charge in [-0.15, -0.1) is 23.4 Å². The number of hydrogen-bond donors (Lipinski definition) is 0. The van der Waals surface area contributed by atoms with E-state index in [4.69, 9.17) is 11.6 Å². The summed E-state index contributed by atoms with van der Waals surface area (Å²) in [5, 5.41) is 0. The zero-order valence-electron chi connectivity index (χ0n) is 11.9. The maximum Gasteiger partial charge on any atom is 0.231 e. The third kappa shape index (κ3) is 3.43. The molecular weight excluding hydrogens is 304 g/mol. The third-order valence-electron chi connectivity index (χ3n) is 4.00. The molecule has 1 amide bonds. The quantitative estimate of drug-likeness (QED) is 0.777. The van der Waals surface area contributed by atoms with E-state index in [2.05, 4.69) is 4.98 Å². The van der Waals surface area contributed by atoms with Crippen molar-refractivity contribution in [2.75, 3.05) is 13.1 Å². The largest absolute Gasteiger partial charge is 0.342 e. The molecule has 0 saturated carbocycles. The number of alkyl halides is 1. The topological polar surface area (TPSA) is 33.2 Å². The summed E-state index contributed by atoms with van der Waals surface area (Å²) < 4.78 is -0.212. The summed E-state index contributed by atoms with van der Waals surface area (Å²) in [6.07, 6.45) is 10.3. The van der Waals surface area contributed by atoms with E-state index in [-0.39, 0.29) is 16.5 Å². The van der Waals surface area contributed by atoms with Gasteiger partial charge in [0.15, 0.2) is 0 Å². The van der Waals surface area contributed by atoms with Crippen molar-refractivity contribution < 1.29 is 4.79 Å². The number of carbonyl (C=O) groups is 1. The number of amides is 1. The van der Waals surface area contributed by atoms with Crippen LogP contribution >= 0.6 is 23.4 Å². The molecule has 0 aromatic carbocycles. The van der Waals surface area contributed by atoms with Gasteiger partial charge in [0.25, 0.3) is 0 Å².